The highest BCUT2D eigenvalue weighted by atomic mass is 19.3. The number of halogens is 2. The van der Waals surface area contributed by atoms with Crippen molar-refractivity contribution in [3.8, 4) is 0 Å². The maximum Gasteiger partial charge on any atom is 0.255 e. The summed E-state index contributed by atoms with van der Waals surface area (Å²) in [7, 11) is 1.46. The predicted octanol–water partition coefficient (Wildman–Crippen LogP) is 0.990. The second-order valence-electron chi connectivity index (χ2n) is 2.71. The summed E-state index contributed by atoms with van der Waals surface area (Å²) in [6.07, 6.45) is 0.736. The molecule has 0 atom stereocenters. The Morgan fingerprint density at radius 2 is 2.07 bits per heavy atom. The monoisotopic (exact) mass is 201 g/mol. The second kappa shape index (κ2) is 4.59. The number of nitrogens with zero attached hydrogens (tertiary/aromatic N) is 3. The predicted molar refractivity (Wildman–Crippen MR) is 46.7 cm³/mol. The molecule has 0 aromatic carbocycles. The minimum absolute atomic E-state index is 0.177. The molecule has 6 heteroatoms. The highest BCUT2D eigenvalue weighted by molar-refractivity contribution is 5.73. The SMILES string of the molecule is CN(CC(F)F)c1ncc(C=O)cn1. The van der Waals surface area contributed by atoms with Crippen molar-refractivity contribution < 1.29 is 13.6 Å². The van der Waals surface area contributed by atoms with Crippen LogP contribution in [0.1, 0.15) is 10.4 Å². The number of aromatic nitrogens is 2. The molecular formula is C8H9F2N3O. The first-order chi connectivity index (χ1) is 6.63. The Labute approximate surface area is 79.6 Å². The van der Waals surface area contributed by atoms with Gasteiger partial charge in [0.1, 0.15) is 0 Å². The zero-order valence-corrected chi connectivity index (χ0v) is 7.52. The van der Waals surface area contributed by atoms with Crippen molar-refractivity contribution in [2.45, 2.75) is 6.43 Å². The molecule has 0 bridgehead atoms. The summed E-state index contributed by atoms with van der Waals surface area (Å²) in [6.45, 7) is -0.430. The van der Waals surface area contributed by atoms with Gasteiger partial charge in [0.25, 0.3) is 6.43 Å². The third kappa shape index (κ3) is 2.72. The lowest BCUT2D eigenvalue weighted by molar-refractivity contribution is 0.112. The molecule has 1 rings (SSSR count). The highest BCUT2D eigenvalue weighted by Gasteiger charge is 2.10. The van der Waals surface area contributed by atoms with Crippen LogP contribution in [0.3, 0.4) is 0 Å². The van der Waals surface area contributed by atoms with Gasteiger partial charge in [-0.05, 0) is 0 Å². The minimum atomic E-state index is -2.44. The van der Waals surface area contributed by atoms with Gasteiger partial charge in [0.05, 0.1) is 12.1 Å². The highest BCUT2D eigenvalue weighted by Crippen LogP contribution is 2.06. The molecule has 0 spiro atoms. The summed E-state index contributed by atoms with van der Waals surface area (Å²) < 4.78 is 23.9. The van der Waals surface area contributed by atoms with E-state index in [9.17, 15) is 13.6 Å². The topological polar surface area (TPSA) is 46.1 Å². The van der Waals surface area contributed by atoms with Crippen molar-refractivity contribution in [3.05, 3.63) is 18.0 Å². The van der Waals surface area contributed by atoms with E-state index in [2.05, 4.69) is 9.97 Å². The summed E-state index contributed by atoms with van der Waals surface area (Å²) in [5, 5.41) is 0. The molecule has 0 saturated carbocycles. The fraction of sp³-hybridized carbons (Fsp3) is 0.375. The van der Waals surface area contributed by atoms with Gasteiger partial charge in [-0.25, -0.2) is 18.7 Å². The molecular weight excluding hydrogens is 192 g/mol. The Morgan fingerprint density at radius 1 is 1.50 bits per heavy atom. The number of hydrogen-bond donors (Lipinski definition) is 0. The fourth-order valence-corrected chi connectivity index (χ4v) is 0.878. The van der Waals surface area contributed by atoms with Gasteiger partial charge >= 0.3 is 0 Å². The van der Waals surface area contributed by atoms with Crippen LogP contribution in [-0.2, 0) is 0 Å². The van der Waals surface area contributed by atoms with Gasteiger partial charge in [0.15, 0.2) is 6.29 Å². The number of anilines is 1. The average Bonchev–Trinajstić information content (AvgIpc) is 2.17. The number of alkyl halides is 2. The molecule has 0 aliphatic rings. The van der Waals surface area contributed by atoms with Gasteiger partial charge in [-0.1, -0.05) is 0 Å². The first-order valence-corrected chi connectivity index (χ1v) is 3.90. The van der Waals surface area contributed by atoms with E-state index in [1.54, 1.807) is 0 Å². The Bertz CT molecular complexity index is 302. The molecule has 1 heterocycles. The van der Waals surface area contributed by atoms with Gasteiger partial charge < -0.3 is 4.90 Å². The molecule has 0 saturated heterocycles. The lowest BCUT2D eigenvalue weighted by Gasteiger charge is -2.15. The molecule has 0 aliphatic heterocycles. The third-order valence-corrected chi connectivity index (χ3v) is 1.55. The molecule has 0 unspecified atom stereocenters. The first-order valence-electron chi connectivity index (χ1n) is 3.90. The molecule has 14 heavy (non-hydrogen) atoms. The van der Waals surface area contributed by atoms with Crippen LogP contribution in [0.25, 0.3) is 0 Å². The molecule has 0 aliphatic carbocycles. The van der Waals surface area contributed by atoms with E-state index in [1.165, 1.54) is 24.3 Å². The Morgan fingerprint density at radius 3 is 2.50 bits per heavy atom. The first kappa shape index (κ1) is 10.5. The van der Waals surface area contributed by atoms with E-state index in [4.69, 9.17) is 0 Å². The Hall–Kier alpha value is -1.59. The maximum atomic E-state index is 12.0. The number of carbonyl (C=O) groups is 1. The number of hydrogen-bond acceptors (Lipinski definition) is 4. The van der Waals surface area contributed by atoms with Crippen molar-refractivity contribution in [2.75, 3.05) is 18.5 Å². The summed E-state index contributed by atoms with van der Waals surface area (Å²) in [5.74, 6) is 0.177. The van der Waals surface area contributed by atoms with Crippen LogP contribution in [0.5, 0.6) is 0 Å². The normalized spacial score (nSPS) is 10.3. The summed E-state index contributed by atoms with van der Waals surface area (Å²) in [5.41, 5.74) is 0.319. The van der Waals surface area contributed by atoms with Crippen molar-refractivity contribution in [1.82, 2.24) is 9.97 Å². The van der Waals surface area contributed by atoms with Crippen LogP contribution in [0.4, 0.5) is 14.7 Å². The van der Waals surface area contributed by atoms with Gasteiger partial charge in [0, 0.05) is 19.4 Å². The van der Waals surface area contributed by atoms with E-state index >= 15 is 0 Å². The van der Waals surface area contributed by atoms with Gasteiger partial charge in [0.2, 0.25) is 5.95 Å². The number of rotatable bonds is 4. The molecule has 4 nitrogen and oxygen atoms in total. The molecule has 1 aromatic heterocycles. The number of aldehydes is 1. The molecule has 0 fully saturated rings. The summed E-state index contributed by atoms with van der Waals surface area (Å²) in [6, 6.07) is 0. The van der Waals surface area contributed by atoms with Crippen LogP contribution in [0, 0.1) is 0 Å². The van der Waals surface area contributed by atoms with Crippen LogP contribution < -0.4 is 4.90 Å². The van der Waals surface area contributed by atoms with Crippen molar-refractivity contribution in [2.24, 2.45) is 0 Å². The van der Waals surface area contributed by atoms with Crippen LogP contribution in [0.2, 0.25) is 0 Å². The minimum Gasteiger partial charge on any atom is -0.338 e. The maximum absolute atomic E-state index is 12.0. The van der Waals surface area contributed by atoms with E-state index < -0.39 is 13.0 Å². The summed E-state index contributed by atoms with van der Waals surface area (Å²) in [4.78, 5) is 19.0. The molecule has 0 amide bonds. The summed E-state index contributed by atoms with van der Waals surface area (Å²) >= 11 is 0. The van der Waals surface area contributed by atoms with Crippen molar-refractivity contribution >= 4 is 12.2 Å². The third-order valence-electron chi connectivity index (χ3n) is 1.55. The smallest absolute Gasteiger partial charge is 0.255 e. The van der Waals surface area contributed by atoms with Gasteiger partial charge in [-0.15, -0.1) is 0 Å². The molecule has 0 radical (unpaired) electrons. The standard InChI is InChI=1S/C8H9F2N3O/c1-13(4-7(9)10)8-11-2-6(5-14)3-12-8/h2-3,5,7H,4H2,1H3. The average molecular weight is 201 g/mol. The van der Waals surface area contributed by atoms with E-state index in [-0.39, 0.29) is 5.95 Å². The van der Waals surface area contributed by atoms with Crippen LogP contribution in [0.15, 0.2) is 12.4 Å². The molecule has 0 N–H and O–H groups in total. The Balaban J connectivity index is 2.71. The van der Waals surface area contributed by atoms with Crippen molar-refractivity contribution in [3.63, 3.8) is 0 Å². The fourth-order valence-electron chi connectivity index (χ4n) is 0.878. The largest absolute Gasteiger partial charge is 0.338 e. The van der Waals surface area contributed by atoms with Crippen LogP contribution >= 0.6 is 0 Å². The van der Waals surface area contributed by atoms with E-state index in [1.807, 2.05) is 0 Å². The van der Waals surface area contributed by atoms with Gasteiger partial charge in [-0.3, -0.25) is 4.79 Å². The Kier molecular flexibility index (Phi) is 3.44. The van der Waals surface area contributed by atoms with Crippen LogP contribution in [-0.4, -0.2) is 36.3 Å². The number of carbonyl (C=O) groups excluding carboxylic acids is 1. The second-order valence-corrected chi connectivity index (χ2v) is 2.71. The lowest BCUT2D eigenvalue weighted by atomic mass is 10.4. The van der Waals surface area contributed by atoms with E-state index in [0.29, 0.717) is 11.8 Å². The molecule has 76 valence electrons. The zero-order valence-electron chi connectivity index (χ0n) is 7.52. The lowest BCUT2D eigenvalue weighted by Crippen LogP contribution is -2.25. The van der Waals surface area contributed by atoms with Gasteiger partial charge in [-0.2, -0.15) is 0 Å². The van der Waals surface area contributed by atoms with Crippen molar-refractivity contribution in [1.29, 1.82) is 0 Å². The molecule has 1 aromatic rings. The van der Waals surface area contributed by atoms with E-state index in [0.717, 1.165) is 0 Å². The zero-order chi connectivity index (χ0) is 10.6. The quantitative estimate of drug-likeness (QED) is 0.681.